The lowest BCUT2D eigenvalue weighted by atomic mass is 9.58. The van der Waals surface area contributed by atoms with Crippen LogP contribution >= 0.6 is 24.4 Å². The van der Waals surface area contributed by atoms with Crippen LogP contribution in [-0.4, -0.2) is 42.2 Å². The molecule has 0 saturated heterocycles. The molecule has 0 heterocycles. The minimum atomic E-state index is -0.993. The minimum Gasteiger partial charge on any atom is -0.453 e. The fourth-order valence-electron chi connectivity index (χ4n) is 4.82. The van der Waals surface area contributed by atoms with Gasteiger partial charge in [0.1, 0.15) is 30.5 Å². The molecule has 1 saturated carbocycles. The summed E-state index contributed by atoms with van der Waals surface area (Å²) in [7, 11) is 1.55. The van der Waals surface area contributed by atoms with E-state index in [1.165, 1.54) is 0 Å². The SMILES string of the molecule is COCO[C@@]1(C)CC[C@H](OC(=S)Oc2ccccc2)C(C)(C)[C@@H]1C(C#N)OC(=S)Oc1ccccc1. The highest BCUT2D eigenvalue weighted by atomic mass is 32.1. The first kappa shape index (κ1) is 27.8. The summed E-state index contributed by atoms with van der Waals surface area (Å²) in [5.74, 6) is 0.619. The Kier molecular flexibility index (Phi) is 9.63. The Morgan fingerprint density at radius 3 is 2.06 bits per heavy atom. The van der Waals surface area contributed by atoms with Gasteiger partial charge in [0, 0.05) is 42.9 Å². The molecule has 0 amide bonds. The van der Waals surface area contributed by atoms with Crippen LogP contribution in [0.5, 0.6) is 11.5 Å². The van der Waals surface area contributed by atoms with Gasteiger partial charge in [0.2, 0.25) is 0 Å². The third-order valence-electron chi connectivity index (χ3n) is 6.48. The molecule has 3 rings (SSSR count). The number of nitriles is 1. The van der Waals surface area contributed by atoms with E-state index in [0.29, 0.717) is 24.3 Å². The number of benzene rings is 2. The Balaban J connectivity index is 1.81. The van der Waals surface area contributed by atoms with Crippen LogP contribution in [0, 0.1) is 22.7 Å². The average molecular weight is 530 g/mol. The molecule has 4 atom stereocenters. The molecule has 9 heteroatoms. The van der Waals surface area contributed by atoms with Crippen LogP contribution in [0.4, 0.5) is 0 Å². The standard InChI is InChI=1S/C27H31NO6S2/c1-26(2)22(34-25(36)32-20-13-9-6-10-14-20)15-16-27(3,30-18-29-4)23(26)21(17-28)33-24(35)31-19-11-7-5-8-12-19/h5-14,21-23H,15-16,18H2,1-4H3/t21?,22-,23-,27-/m0/s1. The maximum atomic E-state index is 10.2. The number of ether oxygens (including phenoxy) is 6. The number of hydrogen-bond donors (Lipinski definition) is 0. The largest absolute Gasteiger partial charge is 0.453 e. The van der Waals surface area contributed by atoms with E-state index in [4.69, 9.17) is 52.9 Å². The average Bonchev–Trinajstić information content (AvgIpc) is 2.85. The lowest BCUT2D eigenvalue weighted by Crippen LogP contribution is -2.60. The Morgan fingerprint density at radius 1 is 0.972 bits per heavy atom. The molecule has 0 spiro atoms. The fraction of sp³-hybridized carbons (Fsp3) is 0.444. The smallest absolute Gasteiger partial charge is 0.359 e. The van der Waals surface area contributed by atoms with Crippen molar-refractivity contribution < 1.29 is 28.4 Å². The van der Waals surface area contributed by atoms with Crippen LogP contribution < -0.4 is 9.47 Å². The Labute approximate surface area is 223 Å². The van der Waals surface area contributed by atoms with Crippen LogP contribution in [0.25, 0.3) is 0 Å². The van der Waals surface area contributed by atoms with Gasteiger partial charge in [-0.25, -0.2) is 0 Å². The molecular weight excluding hydrogens is 498 g/mol. The summed E-state index contributed by atoms with van der Waals surface area (Å²) < 4.78 is 34.7. The summed E-state index contributed by atoms with van der Waals surface area (Å²) in [5.41, 5.74) is -1.42. The molecule has 0 bridgehead atoms. The van der Waals surface area contributed by atoms with Crippen molar-refractivity contribution in [2.24, 2.45) is 11.3 Å². The molecule has 0 aliphatic heterocycles. The monoisotopic (exact) mass is 529 g/mol. The van der Waals surface area contributed by atoms with Crippen LogP contribution in [0.3, 0.4) is 0 Å². The van der Waals surface area contributed by atoms with E-state index in [9.17, 15) is 5.26 Å². The summed E-state index contributed by atoms with van der Waals surface area (Å²) in [6, 6.07) is 20.5. The maximum Gasteiger partial charge on any atom is 0.359 e. The van der Waals surface area contributed by atoms with E-state index in [-0.39, 0.29) is 23.4 Å². The molecule has 1 unspecified atom stereocenters. The van der Waals surface area contributed by atoms with Gasteiger partial charge in [-0.05, 0) is 44.0 Å². The van der Waals surface area contributed by atoms with Crippen molar-refractivity contribution in [1.29, 1.82) is 5.26 Å². The molecule has 1 fully saturated rings. The van der Waals surface area contributed by atoms with Crippen molar-refractivity contribution >= 4 is 34.9 Å². The van der Waals surface area contributed by atoms with Gasteiger partial charge in [-0.15, -0.1) is 0 Å². The normalized spacial score (nSPS) is 23.5. The second kappa shape index (κ2) is 12.5. The van der Waals surface area contributed by atoms with E-state index in [1.807, 2.05) is 57.2 Å². The number of nitrogens with zero attached hydrogens (tertiary/aromatic N) is 1. The van der Waals surface area contributed by atoms with Gasteiger partial charge in [-0.1, -0.05) is 50.2 Å². The fourth-order valence-corrected chi connectivity index (χ4v) is 5.23. The quantitative estimate of drug-likeness (QED) is 0.310. The summed E-state index contributed by atoms with van der Waals surface area (Å²) in [6.45, 7) is 6.00. The predicted molar refractivity (Wildman–Crippen MR) is 143 cm³/mol. The number of thiocarbonyl (C=S) groups is 2. The molecule has 7 nitrogen and oxygen atoms in total. The zero-order valence-corrected chi connectivity index (χ0v) is 22.5. The lowest BCUT2D eigenvalue weighted by molar-refractivity contribution is -0.220. The summed E-state index contributed by atoms with van der Waals surface area (Å²) in [5, 5.41) is 10.0. The summed E-state index contributed by atoms with van der Waals surface area (Å²) in [4.78, 5) is 0. The second-order valence-electron chi connectivity index (χ2n) is 9.31. The van der Waals surface area contributed by atoms with Gasteiger partial charge in [-0.2, -0.15) is 5.26 Å². The lowest BCUT2D eigenvalue weighted by Gasteiger charge is -2.54. The first-order valence-corrected chi connectivity index (χ1v) is 12.4. The van der Waals surface area contributed by atoms with Gasteiger partial charge in [0.05, 0.1) is 5.60 Å². The van der Waals surface area contributed by atoms with Crippen molar-refractivity contribution in [3.63, 3.8) is 0 Å². The molecule has 0 radical (unpaired) electrons. The Hall–Kier alpha value is -2.77. The van der Waals surface area contributed by atoms with Crippen molar-refractivity contribution in [3.8, 4) is 17.6 Å². The van der Waals surface area contributed by atoms with Gasteiger partial charge in [-0.3, -0.25) is 0 Å². The van der Waals surface area contributed by atoms with Gasteiger partial charge >= 0.3 is 10.5 Å². The number of para-hydroxylation sites is 2. The van der Waals surface area contributed by atoms with E-state index in [0.717, 1.165) is 0 Å². The van der Waals surface area contributed by atoms with Crippen molar-refractivity contribution in [2.45, 2.75) is 51.4 Å². The van der Waals surface area contributed by atoms with Crippen molar-refractivity contribution in [3.05, 3.63) is 60.7 Å². The second-order valence-corrected chi connectivity index (χ2v) is 9.97. The van der Waals surface area contributed by atoms with Crippen molar-refractivity contribution in [1.82, 2.24) is 0 Å². The van der Waals surface area contributed by atoms with Crippen molar-refractivity contribution in [2.75, 3.05) is 13.9 Å². The molecule has 2 aromatic rings. The van der Waals surface area contributed by atoms with E-state index in [2.05, 4.69) is 6.07 Å². The first-order chi connectivity index (χ1) is 17.2. The molecule has 0 aromatic heterocycles. The highest BCUT2D eigenvalue weighted by Gasteiger charge is 2.58. The zero-order chi connectivity index (χ0) is 26.2. The molecule has 36 heavy (non-hydrogen) atoms. The van der Waals surface area contributed by atoms with Crippen LogP contribution in [0.2, 0.25) is 0 Å². The van der Waals surface area contributed by atoms with E-state index in [1.54, 1.807) is 31.4 Å². The molecule has 2 aromatic carbocycles. The molecular formula is C27H31NO6S2. The van der Waals surface area contributed by atoms with Gasteiger partial charge < -0.3 is 28.4 Å². The number of methoxy groups -OCH3 is 1. The van der Waals surface area contributed by atoms with E-state index >= 15 is 0 Å². The summed E-state index contributed by atoms with van der Waals surface area (Å²) in [6.07, 6.45) is -0.184. The first-order valence-electron chi connectivity index (χ1n) is 11.6. The Bertz CT molecular complexity index is 1060. The molecule has 1 aliphatic carbocycles. The van der Waals surface area contributed by atoms with Crippen LogP contribution in [-0.2, 0) is 18.9 Å². The zero-order valence-electron chi connectivity index (χ0n) is 20.8. The topological polar surface area (TPSA) is 79.2 Å². The molecule has 0 N–H and O–H groups in total. The molecule has 192 valence electrons. The summed E-state index contributed by atoms with van der Waals surface area (Å²) >= 11 is 10.7. The number of rotatable bonds is 8. The van der Waals surface area contributed by atoms with Gasteiger partial charge in [0.15, 0.2) is 6.10 Å². The third kappa shape index (κ3) is 6.92. The van der Waals surface area contributed by atoms with Crippen LogP contribution in [0.15, 0.2) is 60.7 Å². The third-order valence-corrected chi connectivity index (χ3v) is 6.84. The maximum absolute atomic E-state index is 10.2. The molecule has 1 aliphatic rings. The highest BCUT2D eigenvalue weighted by Crippen LogP contribution is 2.51. The predicted octanol–water partition coefficient (Wildman–Crippen LogP) is 5.82. The van der Waals surface area contributed by atoms with E-state index < -0.39 is 23.0 Å². The minimum absolute atomic E-state index is 0.0109. The number of hydrogen-bond acceptors (Lipinski definition) is 9. The Morgan fingerprint density at radius 2 is 1.53 bits per heavy atom. The van der Waals surface area contributed by atoms with Crippen LogP contribution in [0.1, 0.15) is 33.6 Å². The van der Waals surface area contributed by atoms with Gasteiger partial charge in [0.25, 0.3) is 0 Å². The highest BCUT2D eigenvalue weighted by molar-refractivity contribution is 7.80.